The molecule has 1 fully saturated rings. The van der Waals surface area contributed by atoms with Crippen LogP contribution in [0.1, 0.15) is 31.4 Å². The minimum absolute atomic E-state index is 0.0505. The van der Waals surface area contributed by atoms with Crippen LogP contribution in [0.25, 0.3) is 44.0 Å². The van der Waals surface area contributed by atoms with Crippen LogP contribution in [0.2, 0.25) is 0 Å². The number of likely N-dealkylation sites (tertiary alicyclic amines) is 1. The van der Waals surface area contributed by atoms with Crippen molar-refractivity contribution in [2.24, 2.45) is 0 Å². The van der Waals surface area contributed by atoms with Gasteiger partial charge in [-0.3, -0.25) is 9.78 Å². The fourth-order valence-electron chi connectivity index (χ4n) is 5.45. The molecule has 3 aromatic heterocycles. The van der Waals surface area contributed by atoms with E-state index in [4.69, 9.17) is 4.74 Å². The Morgan fingerprint density at radius 2 is 1.98 bits per heavy atom. The van der Waals surface area contributed by atoms with Crippen molar-refractivity contribution < 1.29 is 17.0 Å². The predicted molar refractivity (Wildman–Crippen MR) is 151 cm³/mol. The molecule has 6 rings (SSSR count). The molecule has 0 aliphatic carbocycles. The van der Waals surface area contributed by atoms with Gasteiger partial charge in [-0.25, -0.2) is 0 Å². The van der Waals surface area contributed by atoms with Crippen molar-refractivity contribution >= 4 is 43.1 Å². The molecule has 1 aliphatic heterocycles. The molecule has 0 saturated carbocycles. The van der Waals surface area contributed by atoms with Crippen molar-refractivity contribution in [3.8, 4) is 22.9 Å². The number of aromatic amines is 1. The molecule has 4 heterocycles. The number of nitrogens with one attached hydrogen (secondary N) is 1. The van der Waals surface area contributed by atoms with E-state index >= 15 is 0 Å². The summed E-state index contributed by atoms with van der Waals surface area (Å²) in [6.07, 6.45) is 4.08. The van der Waals surface area contributed by atoms with Gasteiger partial charge >= 0.3 is 10.2 Å². The Morgan fingerprint density at radius 3 is 2.67 bits per heavy atom. The van der Waals surface area contributed by atoms with Crippen molar-refractivity contribution in [3.05, 3.63) is 64.6 Å². The van der Waals surface area contributed by atoms with Gasteiger partial charge in [0, 0.05) is 47.5 Å². The van der Waals surface area contributed by atoms with Gasteiger partial charge in [-0.1, -0.05) is 19.4 Å². The number of likely N-dealkylation sites (N-methyl/N-ethyl adjacent to an activating group) is 1. The number of H-pyrrole nitrogens is 1. The van der Waals surface area contributed by atoms with Crippen LogP contribution >= 0.6 is 0 Å². The molecule has 204 valence electrons. The topological polar surface area (TPSA) is 121 Å². The van der Waals surface area contributed by atoms with Crippen LogP contribution in [0, 0.1) is 11.3 Å². The molecule has 0 atom stereocenters. The fourth-order valence-corrected chi connectivity index (χ4v) is 5.90. The minimum Gasteiger partial charge on any atom is -0.493 e. The second-order valence-electron chi connectivity index (χ2n) is 10.2. The zero-order chi connectivity index (χ0) is 28.2. The lowest BCUT2D eigenvalue weighted by molar-refractivity contribution is 0.146. The SMILES string of the molecule is CCCCOc1cc2c(=O)c3c4ccc(C#N)cc4[nH]c3n(C3CN(C)C3)c2cc1-c1cncc(S(=O)(=O)F)c1. The Bertz CT molecular complexity index is 2020. The number of unbranched alkanes of at least 4 members (excludes halogenated alkanes) is 1. The molecule has 2 aromatic carbocycles. The number of halogens is 1. The molecular weight excluding hydrogens is 533 g/mol. The van der Waals surface area contributed by atoms with Gasteiger partial charge in [-0.2, -0.15) is 13.7 Å². The summed E-state index contributed by atoms with van der Waals surface area (Å²) in [6.45, 7) is 3.93. The zero-order valence-electron chi connectivity index (χ0n) is 21.9. The number of fused-ring (bicyclic) bond motifs is 4. The molecule has 0 bridgehead atoms. The highest BCUT2D eigenvalue weighted by atomic mass is 32.3. The van der Waals surface area contributed by atoms with E-state index in [1.807, 2.05) is 14.0 Å². The van der Waals surface area contributed by atoms with E-state index in [9.17, 15) is 22.4 Å². The maximum atomic E-state index is 14.1. The van der Waals surface area contributed by atoms with Crippen LogP contribution in [0.4, 0.5) is 3.89 Å². The summed E-state index contributed by atoms with van der Waals surface area (Å²) in [5.74, 6) is 0.386. The Labute approximate surface area is 229 Å². The van der Waals surface area contributed by atoms with Crippen LogP contribution in [0.5, 0.6) is 5.75 Å². The quantitative estimate of drug-likeness (QED) is 0.223. The predicted octanol–water partition coefficient (Wildman–Crippen LogP) is 4.89. The number of hydrogen-bond donors (Lipinski definition) is 1. The largest absolute Gasteiger partial charge is 0.493 e. The van der Waals surface area contributed by atoms with Gasteiger partial charge in [-0.05, 0) is 43.8 Å². The van der Waals surface area contributed by atoms with Gasteiger partial charge in [0.1, 0.15) is 16.3 Å². The maximum Gasteiger partial charge on any atom is 0.333 e. The van der Waals surface area contributed by atoms with Gasteiger partial charge in [0.25, 0.3) is 0 Å². The van der Waals surface area contributed by atoms with Crippen LogP contribution < -0.4 is 10.2 Å². The first-order chi connectivity index (χ1) is 19.2. The van der Waals surface area contributed by atoms with E-state index in [0.29, 0.717) is 56.5 Å². The molecule has 0 unspecified atom stereocenters. The van der Waals surface area contributed by atoms with Crippen molar-refractivity contribution in [1.82, 2.24) is 19.4 Å². The van der Waals surface area contributed by atoms with Crippen LogP contribution in [-0.2, 0) is 10.2 Å². The third-order valence-electron chi connectivity index (χ3n) is 7.45. The third kappa shape index (κ3) is 4.29. The summed E-state index contributed by atoms with van der Waals surface area (Å²) >= 11 is 0. The Hall–Kier alpha value is -4.27. The summed E-state index contributed by atoms with van der Waals surface area (Å²) in [5, 5.41) is 11.1. The molecule has 1 aliphatic rings. The number of hydrogen-bond acceptors (Lipinski definition) is 7. The highest BCUT2D eigenvalue weighted by Crippen LogP contribution is 2.38. The van der Waals surface area contributed by atoms with Crippen molar-refractivity contribution in [3.63, 3.8) is 0 Å². The molecule has 1 N–H and O–H groups in total. The van der Waals surface area contributed by atoms with Gasteiger partial charge in [0.2, 0.25) is 0 Å². The van der Waals surface area contributed by atoms with Crippen molar-refractivity contribution in [1.29, 1.82) is 5.26 Å². The average molecular weight is 560 g/mol. The monoisotopic (exact) mass is 559 g/mol. The molecule has 0 radical (unpaired) electrons. The van der Waals surface area contributed by atoms with E-state index in [-0.39, 0.29) is 11.5 Å². The number of aromatic nitrogens is 3. The average Bonchev–Trinajstić information content (AvgIpc) is 3.30. The molecule has 11 heteroatoms. The lowest BCUT2D eigenvalue weighted by Crippen LogP contribution is -2.45. The van der Waals surface area contributed by atoms with E-state index in [1.165, 1.54) is 12.3 Å². The van der Waals surface area contributed by atoms with E-state index < -0.39 is 15.1 Å². The smallest absolute Gasteiger partial charge is 0.333 e. The van der Waals surface area contributed by atoms with Crippen molar-refractivity contribution in [2.45, 2.75) is 30.7 Å². The number of nitrogens with zero attached hydrogens (tertiary/aromatic N) is 4. The minimum atomic E-state index is -4.98. The zero-order valence-corrected chi connectivity index (χ0v) is 22.8. The van der Waals surface area contributed by atoms with Crippen LogP contribution in [0.3, 0.4) is 0 Å². The molecular formula is C29H26FN5O4S. The molecule has 1 saturated heterocycles. The van der Waals surface area contributed by atoms with Crippen molar-refractivity contribution in [2.75, 3.05) is 26.7 Å². The van der Waals surface area contributed by atoms with Crippen LogP contribution in [-0.4, -0.2) is 54.6 Å². The number of benzene rings is 2. The lowest BCUT2D eigenvalue weighted by atomic mass is 10.00. The van der Waals surface area contributed by atoms with E-state index in [1.54, 1.807) is 30.3 Å². The van der Waals surface area contributed by atoms with E-state index in [2.05, 4.69) is 25.5 Å². The second-order valence-corrected chi connectivity index (χ2v) is 11.6. The number of rotatable bonds is 7. The highest BCUT2D eigenvalue weighted by molar-refractivity contribution is 7.86. The van der Waals surface area contributed by atoms with Gasteiger partial charge in [0.05, 0.1) is 40.6 Å². The summed E-state index contributed by atoms with van der Waals surface area (Å²) in [5.41, 5.74) is 3.12. The summed E-state index contributed by atoms with van der Waals surface area (Å²) < 4.78 is 45.4. The normalized spacial score (nSPS) is 14.6. The Morgan fingerprint density at radius 1 is 1.18 bits per heavy atom. The first kappa shape index (κ1) is 26.0. The van der Waals surface area contributed by atoms with Gasteiger partial charge < -0.3 is 19.2 Å². The summed E-state index contributed by atoms with van der Waals surface area (Å²) in [4.78, 5) is 23.0. The lowest BCUT2D eigenvalue weighted by Gasteiger charge is -2.39. The molecule has 9 nitrogen and oxygen atoms in total. The Kier molecular flexibility index (Phi) is 6.32. The first-order valence-electron chi connectivity index (χ1n) is 13.0. The Balaban J connectivity index is 1.70. The van der Waals surface area contributed by atoms with Gasteiger partial charge in [0.15, 0.2) is 5.43 Å². The summed E-state index contributed by atoms with van der Waals surface area (Å²) in [6, 6.07) is 12.1. The number of nitriles is 1. The van der Waals surface area contributed by atoms with Gasteiger partial charge in [-0.15, -0.1) is 3.89 Å². The molecule has 0 spiro atoms. The highest BCUT2D eigenvalue weighted by Gasteiger charge is 2.30. The fraction of sp³-hybridized carbons (Fsp3) is 0.276. The standard InChI is InChI=1S/C29H26FN5O4S/c1-3-4-7-39-26-11-23-25(10-22(26)18-9-20(14-32-13-18)40(30,37)38)35(19-15-34(2)16-19)29-27(28(23)36)21-6-5-17(12-31)8-24(21)33-29/h5-6,8-11,13-14,19,33H,3-4,7,15-16H2,1-2H3. The molecule has 5 aromatic rings. The second kappa shape index (κ2) is 9.73. The first-order valence-corrected chi connectivity index (χ1v) is 14.4. The summed E-state index contributed by atoms with van der Waals surface area (Å²) in [7, 11) is -2.96. The maximum absolute atomic E-state index is 14.1. The number of pyridine rings is 2. The number of ether oxygens (including phenoxy) is 1. The molecule has 40 heavy (non-hydrogen) atoms. The van der Waals surface area contributed by atoms with Crippen LogP contribution in [0.15, 0.2) is 58.5 Å². The third-order valence-corrected chi connectivity index (χ3v) is 8.24. The van der Waals surface area contributed by atoms with E-state index in [0.717, 1.165) is 37.5 Å². The molecule has 0 amide bonds.